The summed E-state index contributed by atoms with van der Waals surface area (Å²) in [5.74, 6) is -2.43. The fraction of sp³-hybridized carbons (Fsp3) is 0.385. The van der Waals surface area contributed by atoms with E-state index in [-0.39, 0.29) is 23.9 Å². The number of hydrogen-bond donors (Lipinski definition) is 1. The maximum absolute atomic E-state index is 12.0. The van der Waals surface area contributed by atoms with Gasteiger partial charge in [-0.3, -0.25) is 4.79 Å². The molecule has 1 amide bonds. The molecule has 7 nitrogen and oxygen atoms in total. The molecule has 1 N–H and O–H groups in total. The molecule has 1 heterocycles. The van der Waals surface area contributed by atoms with Crippen LogP contribution in [0.3, 0.4) is 0 Å². The van der Waals surface area contributed by atoms with Crippen molar-refractivity contribution in [3.63, 3.8) is 0 Å². The van der Waals surface area contributed by atoms with E-state index < -0.39 is 23.9 Å². The van der Waals surface area contributed by atoms with E-state index in [9.17, 15) is 14.4 Å². The summed E-state index contributed by atoms with van der Waals surface area (Å²) < 4.78 is 9.47. The minimum atomic E-state index is -1.52. The van der Waals surface area contributed by atoms with E-state index in [4.69, 9.17) is 21.1 Å². The van der Waals surface area contributed by atoms with Crippen LogP contribution in [0.4, 0.5) is 0 Å². The molecule has 1 aromatic rings. The lowest BCUT2D eigenvalue weighted by Gasteiger charge is -2.15. The SMILES string of the molecule is CCOC(=O)C(NC(=O)c1ccc(Cl)nc1)C(=O)OCC. The predicted octanol–water partition coefficient (Wildman–Crippen LogP) is 0.960. The number of esters is 2. The fourth-order valence-corrected chi connectivity index (χ4v) is 1.50. The molecule has 0 spiro atoms. The third kappa shape index (κ3) is 5.03. The van der Waals surface area contributed by atoms with Crippen molar-refractivity contribution in [1.82, 2.24) is 10.3 Å². The number of aromatic nitrogens is 1. The predicted molar refractivity (Wildman–Crippen MR) is 73.8 cm³/mol. The lowest BCUT2D eigenvalue weighted by molar-refractivity contribution is -0.157. The maximum Gasteiger partial charge on any atom is 0.340 e. The summed E-state index contributed by atoms with van der Waals surface area (Å²) in [6.45, 7) is 3.33. The summed E-state index contributed by atoms with van der Waals surface area (Å²) in [5, 5.41) is 2.47. The highest BCUT2D eigenvalue weighted by atomic mass is 35.5. The van der Waals surface area contributed by atoms with Crippen LogP contribution >= 0.6 is 11.6 Å². The molecule has 0 bridgehead atoms. The molecule has 114 valence electrons. The summed E-state index contributed by atoms with van der Waals surface area (Å²) >= 11 is 5.61. The van der Waals surface area contributed by atoms with E-state index in [1.807, 2.05) is 0 Å². The second-order valence-corrected chi connectivity index (χ2v) is 4.17. The second kappa shape index (κ2) is 8.21. The standard InChI is InChI=1S/C13H15ClN2O5/c1-3-20-12(18)10(13(19)21-4-2)16-11(17)8-5-6-9(14)15-7-8/h5-7,10H,3-4H2,1-2H3,(H,16,17). The highest BCUT2D eigenvalue weighted by Gasteiger charge is 2.31. The zero-order chi connectivity index (χ0) is 15.8. The van der Waals surface area contributed by atoms with E-state index in [1.165, 1.54) is 18.3 Å². The van der Waals surface area contributed by atoms with Crippen molar-refractivity contribution < 1.29 is 23.9 Å². The van der Waals surface area contributed by atoms with Gasteiger partial charge in [-0.05, 0) is 26.0 Å². The number of carbonyl (C=O) groups is 3. The Balaban J connectivity index is 2.84. The molecule has 0 fully saturated rings. The highest BCUT2D eigenvalue weighted by Crippen LogP contribution is 2.06. The van der Waals surface area contributed by atoms with Gasteiger partial charge in [0.15, 0.2) is 0 Å². The molecule has 21 heavy (non-hydrogen) atoms. The minimum absolute atomic E-state index is 0.0765. The zero-order valence-corrected chi connectivity index (χ0v) is 12.3. The van der Waals surface area contributed by atoms with Gasteiger partial charge in [-0.15, -0.1) is 0 Å². The Morgan fingerprint density at radius 1 is 1.19 bits per heavy atom. The molecule has 0 unspecified atom stereocenters. The van der Waals surface area contributed by atoms with Gasteiger partial charge >= 0.3 is 11.9 Å². The van der Waals surface area contributed by atoms with Crippen LogP contribution in [0.1, 0.15) is 24.2 Å². The molecule has 0 saturated heterocycles. The molecular formula is C13H15ClN2O5. The average molecular weight is 315 g/mol. The van der Waals surface area contributed by atoms with E-state index in [0.29, 0.717) is 0 Å². The van der Waals surface area contributed by atoms with Crippen LogP contribution in [0.2, 0.25) is 5.15 Å². The number of nitrogens with one attached hydrogen (secondary N) is 1. The molecule has 0 aromatic carbocycles. The average Bonchev–Trinajstić information content (AvgIpc) is 2.45. The minimum Gasteiger partial charge on any atom is -0.464 e. The van der Waals surface area contributed by atoms with Crippen molar-refractivity contribution in [2.24, 2.45) is 0 Å². The number of nitrogens with zero attached hydrogens (tertiary/aromatic N) is 1. The number of amides is 1. The van der Waals surface area contributed by atoms with Crippen LogP contribution in [0.5, 0.6) is 0 Å². The van der Waals surface area contributed by atoms with Crippen LogP contribution in [-0.4, -0.2) is 42.1 Å². The Bertz CT molecular complexity index is 500. The first-order valence-corrected chi connectivity index (χ1v) is 6.63. The summed E-state index contributed by atoms with van der Waals surface area (Å²) in [7, 11) is 0. The first kappa shape index (κ1) is 16.9. The summed E-state index contributed by atoms with van der Waals surface area (Å²) in [5.41, 5.74) is 0.151. The van der Waals surface area contributed by atoms with Crippen molar-refractivity contribution in [3.8, 4) is 0 Å². The van der Waals surface area contributed by atoms with Gasteiger partial charge in [-0.1, -0.05) is 11.6 Å². The number of ether oxygens (including phenoxy) is 2. The molecule has 8 heteroatoms. The maximum atomic E-state index is 12.0. The molecule has 0 aliphatic heterocycles. The monoisotopic (exact) mass is 314 g/mol. The molecule has 0 aliphatic carbocycles. The largest absolute Gasteiger partial charge is 0.464 e. The first-order valence-electron chi connectivity index (χ1n) is 6.25. The molecule has 0 radical (unpaired) electrons. The lowest BCUT2D eigenvalue weighted by Crippen LogP contribution is -2.48. The number of rotatable bonds is 6. The fourth-order valence-electron chi connectivity index (χ4n) is 1.39. The van der Waals surface area contributed by atoms with Gasteiger partial charge < -0.3 is 14.8 Å². The van der Waals surface area contributed by atoms with E-state index >= 15 is 0 Å². The summed E-state index contributed by atoms with van der Waals surface area (Å²) in [6, 6.07) is 1.31. The van der Waals surface area contributed by atoms with Crippen molar-refractivity contribution in [1.29, 1.82) is 0 Å². The van der Waals surface area contributed by atoms with Crippen LogP contribution in [0, 0.1) is 0 Å². The molecule has 0 aliphatic rings. The van der Waals surface area contributed by atoms with Gasteiger partial charge in [0.1, 0.15) is 5.15 Å². The van der Waals surface area contributed by atoms with Crippen LogP contribution in [0.25, 0.3) is 0 Å². The van der Waals surface area contributed by atoms with E-state index in [0.717, 1.165) is 0 Å². The molecular weight excluding hydrogens is 300 g/mol. The van der Waals surface area contributed by atoms with Crippen molar-refractivity contribution in [3.05, 3.63) is 29.0 Å². The lowest BCUT2D eigenvalue weighted by atomic mass is 10.2. The Labute approximate surface area is 126 Å². The van der Waals surface area contributed by atoms with Gasteiger partial charge in [0, 0.05) is 6.20 Å². The van der Waals surface area contributed by atoms with E-state index in [1.54, 1.807) is 13.8 Å². The van der Waals surface area contributed by atoms with Crippen LogP contribution in [-0.2, 0) is 19.1 Å². The first-order chi connectivity index (χ1) is 9.99. The number of carbonyl (C=O) groups excluding carboxylic acids is 3. The van der Waals surface area contributed by atoms with Crippen molar-refractivity contribution in [2.75, 3.05) is 13.2 Å². The number of hydrogen-bond acceptors (Lipinski definition) is 6. The molecule has 0 atom stereocenters. The normalized spacial score (nSPS) is 10.1. The Morgan fingerprint density at radius 3 is 2.19 bits per heavy atom. The molecule has 1 aromatic heterocycles. The van der Waals surface area contributed by atoms with E-state index in [2.05, 4.69) is 10.3 Å². The molecule has 0 saturated carbocycles. The number of halogens is 1. The van der Waals surface area contributed by atoms with Gasteiger partial charge in [0.05, 0.1) is 18.8 Å². The zero-order valence-electron chi connectivity index (χ0n) is 11.6. The third-order valence-corrected chi connectivity index (χ3v) is 2.53. The quantitative estimate of drug-likeness (QED) is 0.477. The van der Waals surface area contributed by atoms with Crippen molar-refractivity contribution >= 4 is 29.4 Å². The Kier molecular flexibility index (Phi) is 6.61. The number of pyridine rings is 1. The van der Waals surface area contributed by atoms with Crippen LogP contribution in [0.15, 0.2) is 18.3 Å². The smallest absolute Gasteiger partial charge is 0.340 e. The van der Waals surface area contributed by atoms with Crippen molar-refractivity contribution in [2.45, 2.75) is 19.9 Å². The van der Waals surface area contributed by atoms with Gasteiger partial charge in [-0.25, -0.2) is 14.6 Å². The summed E-state index contributed by atoms with van der Waals surface area (Å²) in [4.78, 5) is 39.1. The summed E-state index contributed by atoms with van der Waals surface area (Å²) in [6.07, 6.45) is 1.23. The highest BCUT2D eigenvalue weighted by molar-refractivity contribution is 6.29. The topological polar surface area (TPSA) is 94.6 Å². The van der Waals surface area contributed by atoms with Crippen LogP contribution < -0.4 is 5.32 Å². The Hall–Kier alpha value is -2.15. The Morgan fingerprint density at radius 2 is 1.76 bits per heavy atom. The van der Waals surface area contributed by atoms with Gasteiger partial charge in [-0.2, -0.15) is 0 Å². The van der Waals surface area contributed by atoms with Gasteiger partial charge in [0.25, 0.3) is 5.91 Å². The second-order valence-electron chi connectivity index (χ2n) is 3.78. The third-order valence-electron chi connectivity index (χ3n) is 2.31. The van der Waals surface area contributed by atoms with Gasteiger partial charge in [0.2, 0.25) is 6.04 Å². The molecule has 1 rings (SSSR count).